The first-order valence-electron chi connectivity index (χ1n) is 12.3. The number of hydrogen-bond donors (Lipinski definition) is 1. The molecule has 5 aromatic rings. The van der Waals surface area contributed by atoms with Crippen LogP contribution in [-0.2, 0) is 24.8 Å². The molecular formula is C27H28N8O3. The molecule has 0 aliphatic rings. The molecule has 1 N–H and O–H groups in total. The number of H-pyrrole nitrogens is 1. The van der Waals surface area contributed by atoms with Gasteiger partial charge in [-0.25, -0.2) is 14.7 Å². The number of benzene rings is 1. The summed E-state index contributed by atoms with van der Waals surface area (Å²) >= 11 is 0. The van der Waals surface area contributed by atoms with E-state index >= 15 is 0 Å². The van der Waals surface area contributed by atoms with E-state index in [0.29, 0.717) is 23.8 Å². The Morgan fingerprint density at radius 2 is 1.92 bits per heavy atom. The zero-order valence-electron chi connectivity index (χ0n) is 21.5. The standard InChI is InChI=1S/C27H28N8O3/c1-4-5-8-19-17-35(25-22(26(36)38-3)13-14-33(25)2)27(37)34(19)16-18-11-12-23(28-15-18)20-9-6-7-10-21(20)24-29-31-32-30-24/h6-7,9-15,17H,4-5,8,16H2,1-3H3,(H,29,30,31,32). The minimum absolute atomic E-state index is 0.227. The van der Waals surface area contributed by atoms with Crippen molar-refractivity contribution < 1.29 is 9.53 Å². The highest BCUT2D eigenvalue weighted by Gasteiger charge is 2.21. The number of imidazole rings is 1. The molecule has 5 rings (SSSR count). The van der Waals surface area contributed by atoms with Crippen LogP contribution in [0.25, 0.3) is 28.5 Å². The second-order valence-corrected chi connectivity index (χ2v) is 8.97. The summed E-state index contributed by atoms with van der Waals surface area (Å²) in [7, 11) is 3.13. The van der Waals surface area contributed by atoms with Crippen molar-refractivity contribution in [3.63, 3.8) is 0 Å². The highest BCUT2D eigenvalue weighted by atomic mass is 16.5. The SMILES string of the molecule is CCCCc1cn(-c2c(C(=O)OC)ccn2C)c(=O)n1Cc1ccc(-c2ccccc2-c2nnn[nH]2)nc1. The van der Waals surface area contributed by atoms with Crippen molar-refractivity contribution in [2.45, 2.75) is 32.7 Å². The largest absolute Gasteiger partial charge is 0.465 e. The van der Waals surface area contributed by atoms with Crippen molar-refractivity contribution in [1.82, 2.24) is 39.3 Å². The Labute approximate surface area is 218 Å². The summed E-state index contributed by atoms with van der Waals surface area (Å²) in [5.74, 6) is 0.550. The molecule has 11 heteroatoms. The van der Waals surface area contributed by atoms with Gasteiger partial charge in [0, 0.05) is 42.5 Å². The first-order valence-corrected chi connectivity index (χ1v) is 12.3. The van der Waals surface area contributed by atoms with E-state index in [2.05, 4.69) is 32.5 Å². The van der Waals surface area contributed by atoms with E-state index in [-0.39, 0.29) is 5.69 Å². The normalized spacial score (nSPS) is 11.1. The van der Waals surface area contributed by atoms with E-state index in [0.717, 1.165) is 47.3 Å². The van der Waals surface area contributed by atoms with Crippen LogP contribution in [0.2, 0.25) is 0 Å². The van der Waals surface area contributed by atoms with E-state index in [4.69, 9.17) is 4.74 Å². The number of nitrogens with one attached hydrogen (secondary N) is 1. The number of methoxy groups -OCH3 is 1. The minimum Gasteiger partial charge on any atom is -0.465 e. The van der Waals surface area contributed by atoms with E-state index < -0.39 is 5.97 Å². The third-order valence-corrected chi connectivity index (χ3v) is 6.49. The highest BCUT2D eigenvalue weighted by Crippen LogP contribution is 2.28. The van der Waals surface area contributed by atoms with E-state index in [1.165, 1.54) is 11.7 Å². The predicted molar refractivity (Wildman–Crippen MR) is 141 cm³/mol. The van der Waals surface area contributed by atoms with Crippen LogP contribution >= 0.6 is 0 Å². The Morgan fingerprint density at radius 3 is 2.61 bits per heavy atom. The molecule has 0 radical (unpaired) electrons. The van der Waals surface area contributed by atoms with E-state index in [1.807, 2.05) is 42.6 Å². The molecule has 0 spiro atoms. The molecule has 0 saturated carbocycles. The van der Waals surface area contributed by atoms with Crippen LogP contribution in [0.3, 0.4) is 0 Å². The summed E-state index contributed by atoms with van der Waals surface area (Å²) in [4.78, 5) is 30.7. The second-order valence-electron chi connectivity index (χ2n) is 8.97. The van der Waals surface area contributed by atoms with Crippen molar-refractivity contribution in [1.29, 1.82) is 0 Å². The van der Waals surface area contributed by atoms with E-state index in [9.17, 15) is 9.59 Å². The molecule has 11 nitrogen and oxygen atoms in total. The molecule has 194 valence electrons. The van der Waals surface area contributed by atoms with Gasteiger partial charge < -0.3 is 9.30 Å². The van der Waals surface area contributed by atoms with Gasteiger partial charge in [-0.3, -0.25) is 14.1 Å². The number of hydrogen-bond acceptors (Lipinski definition) is 7. The summed E-state index contributed by atoms with van der Waals surface area (Å²) in [5, 5.41) is 14.2. The minimum atomic E-state index is -0.489. The summed E-state index contributed by atoms with van der Waals surface area (Å²) in [6.07, 6.45) is 8.01. The average Bonchev–Trinajstić information content (AvgIpc) is 3.68. The van der Waals surface area contributed by atoms with Crippen molar-refractivity contribution in [2.75, 3.05) is 7.11 Å². The van der Waals surface area contributed by atoms with Crippen LogP contribution in [0, 0.1) is 0 Å². The zero-order valence-corrected chi connectivity index (χ0v) is 21.5. The number of pyridine rings is 1. The molecule has 4 aromatic heterocycles. The molecule has 0 atom stereocenters. The fourth-order valence-electron chi connectivity index (χ4n) is 4.54. The maximum absolute atomic E-state index is 13.7. The fraction of sp³-hybridized carbons (Fsp3) is 0.259. The van der Waals surface area contributed by atoms with Crippen LogP contribution < -0.4 is 5.69 Å². The Hall–Kier alpha value is -4.80. The number of rotatable bonds is 9. The average molecular weight is 513 g/mol. The molecule has 38 heavy (non-hydrogen) atoms. The molecule has 0 aliphatic carbocycles. The maximum atomic E-state index is 13.7. The summed E-state index contributed by atoms with van der Waals surface area (Å²) in [5.41, 5.74) is 4.38. The van der Waals surface area contributed by atoms with Gasteiger partial charge in [0.2, 0.25) is 0 Å². The predicted octanol–water partition coefficient (Wildman–Crippen LogP) is 3.40. The second kappa shape index (κ2) is 10.7. The first-order chi connectivity index (χ1) is 18.5. The van der Waals surface area contributed by atoms with Crippen LogP contribution in [0.5, 0.6) is 0 Å². The lowest BCUT2D eigenvalue weighted by molar-refractivity contribution is 0.0600. The number of aryl methyl sites for hydroxylation is 2. The summed E-state index contributed by atoms with van der Waals surface area (Å²) in [6.45, 7) is 2.46. The van der Waals surface area contributed by atoms with Gasteiger partial charge in [-0.05, 0) is 41.0 Å². The molecular weight excluding hydrogens is 484 g/mol. The number of esters is 1. The highest BCUT2D eigenvalue weighted by molar-refractivity contribution is 5.93. The lowest BCUT2D eigenvalue weighted by atomic mass is 10.0. The number of tetrazole rings is 1. The molecule has 0 saturated heterocycles. The van der Waals surface area contributed by atoms with E-state index in [1.54, 1.807) is 34.6 Å². The van der Waals surface area contributed by atoms with Crippen LogP contribution in [0.1, 0.15) is 41.4 Å². The van der Waals surface area contributed by atoms with Crippen LogP contribution in [-0.4, -0.2) is 52.4 Å². The first kappa shape index (κ1) is 24.9. The van der Waals surface area contributed by atoms with Gasteiger partial charge in [0.1, 0.15) is 11.4 Å². The van der Waals surface area contributed by atoms with Crippen molar-refractivity contribution in [2.24, 2.45) is 7.05 Å². The van der Waals surface area contributed by atoms with Crippen LogP contribution in [0.15, 0.2) is 65.8 Å². The zero-order chi connectivity index (χ0) is 26.6. The monoisotopic (exact) mass is 512 g/mol. The number of ether oxygens (including phenoxy) is 1. The third-order valence-electron chi connectivity index (χ3n) is 6.49. The molecule has 4 heterocycles. The Morgan fingerprint density at radius 1 is 1.11 bits per heavy atom. The smallest absolute Gasteiger partial charge is 0.341 e. The topological polar surface area (TPSA) is 126 Å². The van der Waals surface area contributed by atoms with Gasteiger partial charge >= 0.3 is 11.7 Å². The molecule has 0 bridgehead atoms. The molecule has 0 unspecified atom stereocenters. The summed E-state index contributed by atoms with van der Waals surface area (Å²) < 4.78 is 9.96. The molecule has 0 aliphatic heterocycles. The van der Waals surface area contributed by atoms with Gasteiger partial charge in [-0.2, -0.15) is 0 Å². The summed E-state index contributed by atoms with van der Waals surface area (Å²) in [6, 6.07) is 13.3. The number of nitrogens with zero attached hydrogens (tertiary/aromatic N) is 7. The molecule has 0 fully saturated rings. The Kier molecular flexibility index (Phi) is 6.98. The number of aromatic amines is 1. The van der Waals surface area contributed by atoms with Gasteiger partial charge in [-0.1, -0.05) is 43.7 Å². The Balaban J connectivity index is 1.50. The van der Waals surface area contributed by atoms with Gasteiger partial charge in [0.15, 0.2) is 5.82 Å². The lowest BCUT2D eigenvalue weighted by Gasteiger charge is -2.09. The van der Waals surface area contributed by atoms with Crippen molar-refractivity contribution >= 4 is 5.97 Å². The molecule has 0 amide bonds. The van der Waals surface area contributed by atoms with Crippen molar-refractivity contribution in [3.05, 3.63) is 88.4 Å². The Bertz CT molecular complexity index is 1610. The van der Waals surface area contributed by atoms with Gasteiger partial charge in [0.05, 0.1) is 19.3 Å². The lowest BCUT2D eigenvalue weighted by Crippen LogP contribution is -2.26. The quantitative estimate of drug-likeness (QED) is 0.300. The number of aromatic nitrogens is 8. The van der Waals surface area contributed by atoms with Crippen molar-refractivity contribution in [3.8, 4) is 28.5 Å². The maximum Gasteiger partial charge on any atom is 0.341 e. The molecule has 1 aromatic carbocycles. The van der Waals surface area contributed by atoms with Crippen LogP contribution in [0.4, 0.5) is 0 Å². The third kappa shape index (κ3) is 4.65. The number of carbonyl (C=O) groups is 1. The number of carbonyl (C=O) groups excluding carboxylic acids is 1. The fourth-order valence-corrected chi connectivity index (χ4v) is 4.54. The number of unbranched alkanes of at least 4 members (excludes halogenated alkanes) is 1. The van der Waals surface area contributed by atoms with Gasteiger partial charge in [-0.15, -0.1) is 5.10 Å². The van der Waals surface area contributed by atoms with Gasteiger partial charge in [0.25, 0.3) is 0 Å².